The monoisotopic (exact) mass is 589 g/mol. The first kappa shape index (κ1) is 27.4. The lowest BCUT2D eigenvalue weighted by molar-refractivity contribution is 0.107. The summed E-state index contributed by atoms with van der Waals surface area (Å²) in [5.41, 5.74) is 0.0509. The number of phenols is 1. The van der Waals surface area contributed by atoms with Gasteiger partial charge in [0.25, 0.3) is 0 Å². The number of nitrogens with one attached hydrogen (secondary N) is 2. The van der Waals surface area contributed by atoms with Crippen LogP contribution in [-0.4, -0.2) is 66.3 Å². The lowest BCUT2D eigenvalue weighted by Gasteiger charge is -2.30. The summed E-state index contributed by atoms with van der Waals surface area (Å²) in [6.07, 6.45) is 6.31. The zero-order chi connectivity index (χ0) is 29.7. The van der Waals surface area contributed by atoms with Gasteiger partial charge in [0.1, 0.15) is 47.2 Å². The average Bonchev–Trinajstić information content (AvgIpc) is 3.72. The molecule has 43 heavy (non-hydrogen) atoms. The second kappa shape index (κ2) is 10.7. The van der Waals surface area contributed by atoms with Crippen LogP contribution < -0.4 is 10.1 Å². The Labute approximate surface area is 245 Å². The number of aromatic hydroxyl groups is 1. The molecule has 2 aromatic carbocycles. The van der Waals surface area contributed by atoms with Crippen molar-refractivity contribution < 1.29 is 23.0 Å². The van der Waals surface area contributed by atoms with E-state index in [0.717, 1.165) is 19.4 Å². The molecule has 0 spiro atoms. The molecule has 0 unspecified atom stereocenters. The number of H-pyrrole nitrogens is 1. The van der Waals surface area contributed by atoms with E-state index in [1.54, 1.807) is 18.5 Å². The number of hydrogen-bond donors (Lipinski definition) is 3. The number of rotatable bonds is 8. The third-order valence-corrected chi connectivity index (χ3v) is 8.63. The molecule has 222 valence electrons. The molecule has 2 aliphatic rings. The van der Waals surface area contributed by atoms with E-state index in [1.807, 2.05) is 6.92 Å². The van der Waals surface area contributed by atoms with Crippen LogP contribution in [0.15, 0.2) is 42.9 Å². The molecule has 5 heterocycles. The standard InChI is InChI=1S/C31H30F3N7O2/c1-2-20-23(33)5-4-17-10-19(42)11-21(25(17)20)27-26(34)28-22(13-37-27)29(38-14-24-35-7-8-36-24)40-30(39-28)43-16-31-6-3-9-41(31)15-18(32)12-31/h4-5,7-8,10-11,13,18,42H,2-3,6,9,12,14-16H2,1H3,(H,35,36)(H,38,39,40)/t18-,31+/m1/s1. The molecule has 0 amide bonds. The summed E-state index contributed by atoms with van der Waals surface area (Å²) in [5.74, 6) is -0.373. The predicted molar refractivity (Wildman–Crippen MR) is 156 cm³/mol. The van der Waals surface area contributed by atoms with E-state index in [4.69, 9.17) is 4.74 Å². The van der Waals surface area contributed by atoms with Crippen LogP contribution in [0, 0.1) is 11.6 Å². The topological polar surface area (TPSA) is 112 Å². The Bertz CT molecular complexity index is 1830. The Morgan fingerprint density at radius 2 is 2.09 bits per heavy atom. The highest BCUT2D eigenvalue weighted by atomic mass is 19.1. The van der Waals surface area contributed by atoms with Gasteiger partial charge in [-0.2, -0.15) is 9.97 Å². The van der Waals surface area contributed by atoms with Gasteiger partial charge in [0.05, 0.1) is 17.5 Å². The van der Waals surface area contributed by atoms with Crippen molar-refractivity contribution >= 4 is 27.5 Å². The Morgan fingerprint density at radius 3 is 2.91 bits per heavy atom. The molecule has 0 aliphatic carbocycles. The summed E-state index contributed by atoms with van der Waals surface area (Å²) in [7, 11) is 0. The summed E-state index contributed by atoms with van der Waals surface area (Å²) in [4.78, 5) is 22.8. The van der Waals surface area contributed by atoms with Gasteiger partial charge in [-0.15, -0.1) is 0 Å². The van der Waals surface area contributed by atoms with Crippen LogP contribution in [0.4, 0.5) is 19.0 Å². The van der Waals surface area contributed by atoms with Crippen molar-refractivity contribution in [3.63, 3.8) is 0 Å². The van der Waals surface area contributed by atoms with Crippen LogP contribution in [0.1, 0.15) is 37.6 Å². The normalized spacial score (nSPS) is 20.2. The molecule has 3 N–H and O–H groups in total. The van der Waals surface area contributed by atoms with Gasteiger partial charge >= 0.3 is 6.01 Å². The van der Waals surface area contributed by atoms with E-state index in [9.17, 15) is 13.9 Å². The number of anilines is 1. The smallest absolute Gasteiger partial charge is 0.319 e. The first-order chi connectivity index (χ1) is 20.8. The van der Waals surface area contributed by atoms with Gasteiger partial charge in [-0.05, 0) is 60.3 Å². The quantitative estimate of drug-likeness (QED) is 0.212. The van der Waals surface area contributed by atoms with Crippen LogP contribution >= 0.6 is 0 Å². The molecule has 2 fully saturated rings. The molecule has 9 nitrogen and oxygen atoms in total. The highest BCUT2D eigenvalue weighted by Gasteiger charge is 2.49. The molecule has 12 heteroatoms. The van der Waals surface area contributed by atoms with Gasteiger partial charge in [0.15, 0.2) is 5.82 Å². The summed E-state index contributed by atoms with van der Waals surface area (Å²) in [6, 6.07) is 5.72. The molecular weight excluding hydrogens is 559 g/mol. The van der Waals surface area contributed by atoms with Gasteiger partial charge in [0, 0.05) is 37.1 Å². The number of halogens is 3. The maximum atomic E-state index is 16.5. The number of alkyl halides is 1. The fourth-order valence-corrected chi connectivity index (χ4v) is 6.67. The number of imidazole rings is 1. The third-order valence-electron chi connectivity index (χ3n) is 8.63. The van der Waals surface area contributed by atoms with Crippen molar-refractivity contribution in [1.82, 2.24) is 29.8 Å². The first-order valence-corrected chi connectivity index (χ1v) is 14.4. The zero-order valence-electron chi connectivity index (χ0n) is 23.5. The van der Waals surface area contributed by atoms with Crippen molar-refractivity contribution in [3.8, 4) is 23.0 Å². The average molecular weight is 590 g/mol. The number of aromatic nitrogens is 5. The molecule has 2 atom stereocenters. The van der Waals surface area contributed by atoms with E-state index in [-0.39, 0.29) is 47.5 Å². The number of nitrogens with zero attached hydrogens (tertiary/aromatic N) is 5. The van der Waals surface area contributed by atoms with Crippen molar-refractivity contribution in [3.05, 3.63) is 65.9 Å². The lowest BCUT2D eigenvalue weighted by Crippen LogP contribution is -2.43. The maximum absolute atomic E-state index is 16.5. The lowest BCUT2D eigenvalue weighted by atomic mass is 9.94. The van der Waals surface area contributed by atoms with Crippen LogP contribution in [0.25, 0.3) is 32.9 Å². The molecule has 2 aliphatic heterocycles. The minimum absolute atomic E-state index is 0.0570. The summed E-state index contributed by atoms with van der Waals surface area (Å²) in [5, 5.41) is 15.0. The van der Waals surface area contributed by atoms with Crippen molar-refractivity contribution in [1.29, 1.82) is 0 Å². The minimum Gasteiger partial charge on any atom is -0.508 e. The number of pyridine rings is 1. The van der Waals surface area contributed by atoms with Gasteiger partial charge in [-0.3, -0.25) is 9.88 Å². The Morgan fingerprint density at radius 1 is 1.21 bits per heavy atom. The Balaban J connectivity index is 1.35. The molecule has 0 radical (unpaired) electrons. The van der Waals surface area contributed by atoms with E-state index < -0.39 is 23.3 Å². The fourth-order valence-electron chi connectivity index (χ4n) is 6.67. The molecule has 0 bridgehead atoms. The number of aryl methyl sites for hydroxylation is 1. The highest BCUT2D eigenvalue weighted by Crippen LogP contribution is 2.41. The fraction of sp³-hybridized carbons (Fsp3) is 0.355. The molecule has 3 aromatic heterocycles. The van der Waals surface area contributed by atoms with Crippen molar-refractivity contribution in [2.24, 2.45) is 0 Å². The summed E-state index contributed by atoms with van der Waals surface area (Å²) >= 11 is 0. The second-order valence-corrected chi connectivity index (χ2v) is 11.3. The molecule has 5 aromatic rings. The van der Waals surface area contributed by atoms with Gasteiger partial charge in [0.2, 0.25) is 0 Å². The number of fused-ring (bicyclic) bond motifs is 3. The highest BCUT2D eigenvalue weighted by molar-refractivity contribution is 6.01. The van der Waals surface area contributed by atoms with Crippen LogP contribution in [0.2, 0.25) is 0 Å². The van der Waals surface area contributed by atoms with Gasteiger partial charge in [-0.25, -0.2) is 18.2 Å². The van der Waals surface area contributed by atoms with Crippen LogP contribution in [0.5, 0.6) is 11.8 Å². The first-order valence-electron chi connectivity index (χ1n) is 14.4. The third kappa shape index (κ3) is 4.79. The minimum atomic E-state index is -0.923. The largest absolute Gasteiger partial charge is 0.508 e. The Hall–Kier alpha value is -4.45. The van der Waals surface area contributed by atoms with Crippen molar-refractivity contribution in [2.45, 2.75) is 50.9 Å². The van der Waals surface area contributed by atoms with Crippen molar-refractivity contribution in [2.75, 3.05) is 25.0 Å². The van der Waals surface area contributed by atoms with Gasteiger partial charge in [-0.1, -0.05) is 13.0 Å². The van der Waals surface area contributed by atoms with Gasteiger partial charge < -0.3 is 20.1 Å². The van der Waals surface area contributed by atoms with Crippen LogP contribution in [0.3, 0.4) is 0 Å². The number of aromatic amines is 1. The molecular formula is C31H30F3N7O2. The number of ether oxygens (including phenoxy) is 1. The number of hydrogen-bond acceptors (Lipinski definition) is 8. The molecule has 0 saturated carbocycles. The number of benzene rings is 2. The molecule has 7 rings (SSSR count). The number of phenolic OH excluding ortho intramolecular Hbond substituents is 1. The Kier molecular flexibility index (Phi) is 6.80. The van der Waals surface area contributed by atoms with E-state index in [2.05, 4.69) is 35.1 Å². The van der Waals surface area contributed by atoms with E-state index >= 15 is 4.39 Å². The van der Waals surface area contributed by atoms with E-state index in [1.165, 1.54) is 24.4 Å². The maximum Gasteiger partial charge on any atom is 0.319 e. The summed E-state index contributed by atoms with van der Waals surface area (Å²) in [6.45, 7) is 3.43. The molecule has 2 saturated heterocycles. The SMILES string of the molecule is CCc1c(F)ccc2cc(O)cc(-c3ncc4c(NCc5ncc[nH]5)nc(OC[C@@]56CCCN5C[C@H](F)C6)nc4c3F)c12. The zero-order valence-corrected chi connectivity index (χ0v) is 23.5. The predicted octanol–water partition coefficient (Wildman–Crippen LogP) is 5.68. The summed E-state index contributed by atoms with van der Waals surface area (Å²) < 4.78 is 51.8. The van der Waals surface area contributed by atoms with E-state index in [0.29, 0.717) is 46.9 Å². The van der Waals surface area contributed by atoms with Crippen LogP contribution in [-0.2, 0) is 13.0 Å². The second-order valence-electron chi connectivity index (χ2n) is 11.3.